The van der Waals surface area contributed by atoms with Gasteiger partial charge >= 0.3 is 0 Å². The summed E-state index contributed by atoms with van der Waals surface area (Å²) >= 11 is 8.49. The Morgan fingerprint density at radius 3 is 2.77 bits per heavy atom. The molecule has 70 valence electrons. The first-order valence-corrected chi connectivity index (χ1v) is 4.94. The maximum Gasteiger partial charge on any atom is 0.180 e. The van der Waals surface area contributed by atoms with Crippen molar-refractivity contribution in [3.63, 3.8) is 0 Å². The molecule has 0 saturated heterocycles. The van der Waals surface area contributed by atoms with Gasteiger partial charge in [0, 0.05) is 4.47 Å². The van der Waals surface area contributed by atoms with Crippen LogP contribution in [0.3, 0.4) is 0 Å². The molecule has 0 heterocycles. The molecule has 13 heavy (non-hydrogen) atoms. The van der Waals surface area contributed by atoms with Crippen LogP contribution in [0, 0.1) is 12.7 Å². The minimum atomic E-state index is -0.500. The third kappa shape index (κ3) is 2.09. The standard InChI is InChI=1S/C9H7BrClFO/c1-5-7(10)3-2-6(9(5)12)8(13)4-11/h2-3H,4H2,1H3. The van der Waals surface area contributed by atoms with Gasteiger partial charge < -0.3 is 0 Å². The van der Waals surface area contributed by atoms with E-state index in [1.165, 1.54) is 6.07 Å². The number of alkyl halides is 1. The second kappa shape index (κ2) is 4.20. The van der Waals surface area contributed by atoms with E-state index < -0.39 is 11.6 Å². The van der Waals surface area contributed by atoms with Crippen LogP contribution in [0.2, 0.25) is 0 Å². The van der Waals surface area contributed by atoms with Gasteiger partial charge in [0.1, 0.15) is 5.82 Å². The highest BCUT2D eigenvalue weighted by Crippen LogP contribution is 2.22. The van der Waals surface area contributed by atoms with E-state index in [2.05, 4.69) is 15.9 Å². The van der Waals surface area contributed by atoms with E-state index in [1.54, 1.807) is 13.0 Å². The molecule has 1 nitrogen and oxygen atoms in total. The molecule has 1 aromatic carbocycles. The van der Waals surface area contributed by atoms with Gasteiger partial charge in [-0.15, -0.1) is 11.6 Å². The van der Waals surface area contributed by atoms with Crippen LogP contribution in [0.1, 0.15) is 15.9 Å². The summed E-state index contributed by atoms with van der Waals surface area (Å²) in [5.41, 5.74) is 0.478. The van der Waals surface area contributed by atoms with Gasteiger partial charge in [0.05, 0.1) is 11.4 Å². The maximum atomic E-state index is 13.4. The number of halogens is 3. The van der Waals surface area contributed by atoms with Crippen LogP contribution in [-0.4, -0.2) is 11.7 Å². The second-order valence-corrected chi connectivity index (χ2v) is 3.71. The number of hydrogen-bond acceptors (Lipinski definition) is 1. The average Bonchev–Trinajstić information content (AvgIpc) is 2.13. The summed E-state index contributed by atoms with van der Waals surface area (Å²) in [6.07, 6.45) is 0. The number of ketones is 1. The fourth-order valence-corrected chi connectivity index (χ4v) is 1.40. The van der Waals surface area contributed by atoms with E-state index in [0.29, 0.717) is 10.0 Å². The fourth-order valence-electron chi connectivity index (χ4n) is 0.949. The highest BCUT2D eigenvalue weighted by molar-refractivity contribution is 9.10. The molecule has 0 bridgehead atoms. The van der Waals surface area contributed by atoms with Crippen LogP contribution in [0.5, 0.6) is 0 Å². The Bertz CT molecular complexity index is 352. The Morgan fingerprint density at radius 1 is 1.62 bits per heavy atom. The number of rotatable bonds is 2. The number of carbonyl (C=O) groups is 1. The van der Waals surface area contributed by atoms with E-state index >= 15 is 0 Å². The summed E-state index contributed by atoms with van der Waals surface area (Å²) in [6, 6.07) is 3.06. The largest absolute Gasteiger partial charge is 0.293 e. The van der Waals surface area contributed by atoms with Gasteiger partial charge in [0.15, 0.2) is 5.78 Å². The molecule has 0 saturated carbocycles. The van der Waals surface area contributed by atoms with Gasteiger partial charge in [-0.25, -0.2) is 4.39 Å². The molecular formula is C9H7BrClFO. The van der Waals surface area contributed by atoms with Crippen LogP contribution in [0.25, 0.3) is 0 Å². The predicted molar refractivity (Wildman–Crippen MR) is 53.9 cm³/mol. The summed E-state index contributed by atoms with van der Waals surface area (Å²) in [6.45, 7) is 1.60. The lowest BCUT2D eigenvalue weighted by molar-refractivity contribution is 0.101. The van der Waals surface area contributed by atoms with Crippen molar-refractivity contribution in [1.29, 1.82) is 0 Å². The van der Waals surface area contributed by atoms with Crippen molar-refractivity contribution in [3.8, 4) is 0 Å². The SMILES string of the molecule is Cc1c(Br)ccc(C(=O)CCl)c1F. The topological polar surface area (TPSA) is 17.1 Å². The van der Waals surface area contributed by atoms with Crippen molar-refractivity contribution >= 4 is 33.3 Å². The van der Waals surface area contributed by atoms with Crippen molar-refractivity contribution in [1.82, 2.24) is 0 Å². The fraction of sp³-hybridized carbons (Fsp3) is 0.222. The van der Waals surface area contributed by atoms with Gasteiger partial charge in [-0.2, -0.15) is 0 Å². The smallest absolute Gasteiger partial charge is 0.180 e. The molecule has 0 unspecified atom stereocenters. The second-order valence-electron chi connectivity index (χ2n) is 2.59. The van der Waals surface area contributed by atoms with Gasteiger partial charge in [0.2, 0.25) is 0 Å². The summed E-state index contributed by atoms with van der Waals surface area (Å²) in [5, 5.41) is 0. The lowest BCUT2D eigenvalue weighted by Gasteiger charge is -2.04. The van der Waals surface area contributed by atoms with Crippen LogP contribution < -0.4 is 0 Å². The monoisotopic (exact) mass is 264 g/mol. The third-order valence-corrected chi connectivity index (χ3v) is 2.84. The van der Waals surface area contributed by atoms with Gasteiger partial charge in [0.25, 0.3) is 0 Å². The Hall–Kier alpha value is -0.410. The van der Waals surface area contributed by atoms with Crippen molar-refractivity contribution in [3.05, 3.63) is 33.5 Å². The van der Waals surface area contributed by atoms with Gasteiger partial charge in [-0.3, -0.25) is 4.79 Å². The number of hydrogen-bond donors (Lipinski definition) is 0. The van der Waals surface area contributed by atoms with Crippen LogP contribution >= 0.6 is 27.5 Å². The molecule has 0 aliphatic rings. The van der Waals surface area contributed by atoms with Crippen molar-refractivity contribution in [2.75, 3.05) is 5.88 Å². The van der Waals surface area contributed by atoms with Gasteiger partial charge in [-0.05, 0) is 24.6 Å². The molecule has 0 N–H and O–H groups in total. The summed E-state index contributed by atoms with van der Waals surface area (Å²) < 4.78 is 14.0. The molecule has 0 amide bonds. The number of carbonyl (C=O) groups excluding carboxylic acids is 1. The van der Waals surface area contributed by atoms with E-state index in [-0.39, 0.29) is 11.4 Å². The Balaban J connectivity index is 3.26. The third-order valence-electron chi connectivity index (χ3n) is 1.74. The van der Waals surface area contributed by atoms with Crippen molar-refractivity contribution < 1.29 is 9.18 Å². The summed E-state index contributed by atoms with van der Waals surface area (Å²) in [7, 11) is 0. The minimum absolute atomic E-state index is 0.0516. The predicted octanol–water partition coefficient (Wildman–Crippen LogP) is 3.32. The van der Waals surface area contributed by atoms with Crippen molar-refractivity contribution in [2.24, 2.45) is 0 Å². The lowest BCUT2D eigenvalue weighted by Crippen LogP contribution is -2.05. The van der Waals surface area contributed by atoms with E-state index in [0.717, 1.165) is 0 Å². The first-order valence-electron chi connectivity index (χ1n) is 3.61. The van der Waals surface area contributed by atoms with Gasteiger partial charge in [-0.1, -0.05) is 15.9 Å². The Labute approximate surface area is 89.0 Å². The quantitative estimate of drug-likeness (QED) is 0.592. The van der Waals surface area contributed by atoms with Crippen LogP contribution in [-0.2, 0) is 0 Å². The van der Waals surface area contributed by atoms with Crippen LogP contribution in [0.15, 0.2) is 16.6 Å². The summed E-state index contributed by atoms with van der Waals surface area (Å²) in [4.78, 5) is 11.1. The highest BCUT2D eigenvalue weighted by Gasteiger charge is 2.13. The van der Waals surface area contributed by atoms with Crippen molar-refractivity contribution in [2.45, 2.75) is 6.92 Å². The average molecular weight is 266 g/mol. The molecule has 0 radical (unpaired) electrons. The first kappa shape index (κ1) is 10.7. The minimum Gasteiger partial charge on any atom is -0.293 e. The zero-order valence-corrected chi connectivity index (χ0v) is 9.25. The van der Waals surface area contributed by atoms with E-state index in [9.17, 15) is 9.18 Å². The lowest BCUT2D eigenvalue weighted by atomic mass is 10.1. The normalized spacial score (nSPS) is 10.2. The molecule has 1 rings (SSSR count). The molecule has 0 aliphatic heterocycles. The molecule has 0 atom stereocenters. The zero-order valence-electron chi connectivity index (χ0n) is 6.90. The number of benzene rings is 1. The summed E-state index contributed by atoms with van der Waals surface area (Å²) in [5.74, 6) is -1.09. The Morgan fingerprint density at radius 2 is 2.23 bits per heavy atom. The van der Waals surface area contributed by atoms with E-state index in [1.807, 2.05) is 0 Å². The molecule has 4 heteroatoms. The molecule has 0 aliphatic carbocycles. The molecular weight excluding hydrogens is 258 g/mol. The Kier molecular flexibility index (Phi) is 3.45. The van der Waals surface area contributed by atoms with Crippen LogP contribution in [0.4, 0.5) is 4.39 Å². The van der Waals surface area contributed by atoms with E-state index in [4.69, 9.17) is 11.6 Å². The first-order chi connectivity index (χ1) is 6.07. The molecule has 0 fully saturated rings. The molecule has 0 spiro atoms. The zero-order chi connectivity index (χ0) is 10.0. The molecule has 1 aromatic rings. The highest BCUT2D eigenvalue weighted by atomic mass is 79.9. The maximum absolute atomic E-state index is 13.4. The molecule has 0 aromatic heterocycles. The number of Topliss-reactive ketones (excluding diaryl/α,β-unsaturated/α-hetero) is 1.